The third kappa shape index (κ3) is 3.70. The zero-order valence-electron chi connectivity index (χ0n) is 13.4. The third-order valence-electron chi connectivity index (χ3n) is 3.82. The van der Waals surface area contributed by atoms with Crippen molar-refractivity contribution in [3.63, 3.8) is 0 Å². The van der Waals surface area contributed by atoms with Crippen molar-refractivity contribution in [2.75, 3.05) is 12.3 Å². The summed E-state index contributed by atoms with van der Waals surface area (Å²) in [7, 11) is -3.48. The number of carbonyl (C=O) groups is 2. The minimum Gasteiger partial charge on any atom is -0.478 e. The summed E-state index contributed by atoms with van der Waals surface area (Å²) in [5.74, 6) is -2.65. The second-order valence-electron chi connectivity index (χ2n) is 5.40. The van der Waals surface area contributed by atoms with Crippen LogP contribution in [0.3, 0.4) is 0 Å². The molecular formula is C17H17NO6S. The molecule has 2 aromatic carbocycles. The molecule has 7 nitrogen and oxygen atoms in total. The molecule has 2 aromatic rings. The molecule has 0 aliphatic rings. The molecule has 0 bridgehead atoms. The van der Waals surface area contributed by atoms with Crippen LogP contribution in [-0.2, 0) is 9.84 Å². The Bertz CT molecular complexity index is 932. The third-order valence-corrected chi connectivity index (χ3v) is 5.58. The number of hydrogen-bond donors (Lipinski definition) is 3. The van der Waals surface area contributed by atoms with Gasteiger partial charge in [-0.2, -0.15) is 0 Å². The predicted octanol–water partition coefficient (Wildman–Crippen LogP) is 1.79. The quantitative estimate of drug-likeness (QED) is 0.712. The summed E-state index contributed by atoms with van der Waals surface area (Å²) >= 11 is 0. The van der Waals surface area contributed by atoms with Gasteiger partial charge < -0.3 is 15.9 Å². The Labute approximate surface area is 144 Å². The average molecular weight is 363 g/mol. The molecule has 0 aliphatic carbocycles. The first-order chi connectivity index (χ1) is 11.7. The molecule has 0 unspecified atom stereocenters. The highest BCUT2D eigenvalue weighted by atomic mass is 32.2. The lowest BCUT2D eigenvalue weighted by atomic mass is 9.92. The van der Waals surface area contributed by atoms with Gasteiger partial charge in [0.15, 0.2) is 9.84 Å². The van der Waals surface area contributed by atoms with E-state index in [0.29, 0.717) is 11.1 Å². The van der Waals surface area contributed by atoms with Gasteiger partial charge in [-0.3, -0.25) is 0 Å². The molecule has 0 heterocycles. The predicted molar refractivity (Wildman–Crippen MR) is 91.6 cm³/mol. The number of rotatable bonds is 6. The maximum absolute atomic E-state index is 12.0. The highest BCUT2D eigenvalue weighted by molar-refractivity contribution is 7.91. The lowest BCUT2D eigenvalue weighted by Gasteiger charge is -2.12. The van der Waals surface area contributed by atoms with E-state index in [1.165, 1.54) is 43.3 Å². The molecule has 0 aliphatic heterocycles. The Hall–Kier alpha value is -2.71. The van der Waals surface area contributed by atoms with E-state index in [9.17, 15) is 23.1 Å². The molecular weight excluding hydrogens is 346 g/mol. The SMILES string of the molecule is Cc1c(C(=O)O)ccc(-c2ccc(S(=O)(=O)CCN)cc2)c1C(=O)O. The van der Waals surface area contributed by atoms with Gasteiger partial charge in [0.25, 0.3) is 0 Å². The minimum atomic E-state index is -3.48. The summed E-state index contributed by atoms with van der Waals surface area (Å²) in [5, 5.41) is 18.6. The van der Waals surface area contributed by atoms with Crippen LogP contribution in [0.25, 0.3) is 11.1 Å². The van der Waals surface area contributed by atoms with Gasteiger partial charge in [-0.15, -0.1) is 0 Å². The fourth-order valence-corrected chi connectivity index (χ4v) is 3.67. The van der Waals surface area contributed by atoms with Crippen molar-refractivity contribution >= 4 is 21.8 Å². The first-order valence-electron chi connectivity index (χ1n) is 7.32. The number of sulfone groups is 1. The number of hydrogen-bond acceptors (Lipinski definition) is 5. The lowest BCUT2D eigenvalue weighted by molar-refractivity contribution is 0.0696. The fraction of sp³-hybridized carbons (Fsp3) is 0.176. The van der Waals surface area contributed by atoms with E-state index in [2.05, 4.69) is 0 Å². The van der Waals surface area contributed by atoms with E-state index in [0.717, 1.165) is 0 Å². The Kier molecular flexibility index (Phi) is 5.24. The number of carboxylic acids is 2. The Morgan fingerprint density at radius 1 is 1.00 bits per heavy atom. The summed E-state index contributed by atoms with van der Waals surface area (Å²) < 4.78 is 24.0. The maximum atomic E-state index is 12.0. The maximum Gasteiger partial charge on any atom is 0.336 e. The van der Waals surface area contributed by atoms with Gasteiger partial charge >= 0.3 is 11.9 Å². The molecule has 132 valence electrons. The van der Waals surface area contributed by atoms with E-state index in [1.54, 1.807) is 0 Å². The largest absolute Gasteiger partial charge is 0.478 e. The first kappa shape index (κ1) is 18.6. The van der Waals surface area contributed by atoms with Crippen LogP contribution < -0.4 is 5.73 Å². The molecule has 0 atom stereocenters. The van der Waals surface area contributed by atoms with Crippen LogP contribution in [0.15, 0.2) is 41.3 Å². The molecule has 0 radical (unpaired) electrons. The van der Waals surface area contributed by atoms with Crippen molar-refractivity contribution in [2.45, 2.75) is 11.8 Å². The standard InChI is InChI=1S/C17H17NO6S/c1-10-13(16(19)20)6-7-14(15(10)17(21)22)11-2-4-12(5-3-11)25(23,24)9-8-18/h2-7H,8-9,18H2,1H3,(H,19,20)(H,21,22). The molecule has 0 saturated carbocycles. The number of carboxylic acid groups (broad SMARTS) is 2. The van der Waals surface area contributed by atoms with Gasteiger partial charge in [-0.25, -0.2) is 18.0 Å². The Morgan fingerprint density at radius 3 is 2.08 bits per heavy atom. The molecule has 0 spiro atoms. The van der Waals surface area contributed by atoms with E-state index >= 15 is 0 Å². The first-order valence-corrected chi connectivity index (χ1v) is 8.97. The van der Waals surface area contributed by atoms with Crippen molar-refractivity contribution in [3.05, 3.63) is 53.1 Å². The molecule has 25 heavy (non-hydrogen) atoms. The second-order valence-corrected chi connectivity index (χ2v) is 7.51. The van der Waals surface area contributed by atoms with Crippen LogP contribution >= 0.6 is 0 Å². The topological polar surface area (TPSA) is 135 Å². The van der Waals surface area contributed by atoms with Gasteiger partial charge in [0, 0.05) is 6.54 Å². The van der Waals surface area contributed by atoms with Gasteiger partial charge in [0.05, 0.1) is 21.8 Å². The van der Waals surface area contributed by atoms with Gasteiger partial charge in [-0.1, -0.05) is 18.2 Å². The monoisotopic (exact) mass is 363 g/mol. The van der Waals surface area contributed by atoms with Crippen LogP contribution in [0, 0.1) is 6.92 Å². The number of benzene rings is 2. The normalized spacial score (nSPS) is 11.3. The molecule has 0 aromatic heterocycles. The molecule has 0 amide bonds. The minimum absolute atomic E-state index is 0.00307. The van der Waals surface area contributed by atoms with Crippen LogP contribution in [0.2, 0.25) is 0 Å². The van der Waals surface area contributed by atoms with Crippen LogP contribution in [0.5, 0.6) is 0 Å². The number of aromatic carboxylic acids is 2. The van der Waals surface area contributed by atoms with Crippen molar-refractivity contribution in [3.8, 4) is 11.1 Å². The van der Waals surface area contributed by atoms with Gasteiger partial charge in [0.1, 0.15) is 0 Å². The van der Waals surface area contributed by atoms with Crippen LogP contribution in [0.4, 0.5) is 0 Å². The van der Waals surface area contributed by atoms with Crippen molar-refractivity contribution in [2.24, 2.45) is 5.73 Å². The van der Waals surface area contributed by atoms with E-state index in [4.69, 9.17) is 10.8 Å². The summed E-state index contributed by atoms with van der Waals surface area (Å²) in [5.41, 5.74) is 6.00. The molecule has 8 heteroatoms. The van der Waals surface area contributed by atoms with E-state index < -0.39 is 21.8 Å². The van der Waals surface area contributed by atoms with Crippen molar-refractivity contribution in [1.29, 1.82) is 0 Å². The molecule has 0 saturated heterocycles. The smallest absolute Gasteiger partial charge is 0.336 e. The molecule has 0 fully saturated rings. The summed E-state index contributed by atoms with van der Waals surface area (Å²) in [6, 6.07) is 8.48. The summed E-state index contributed by atoms with van der Waals surface area (Å²) in [4.78, 5) is 22.9. The highest BCUT2D eigenvalue weighted by Crippen LogP contribution is 2.29. The average Bonchev–Trinajstić information content (AvgIpc) is 2.53. The van der Waals surface area contributed by atoms with Gasteiger partial charge in [0.2, 0.25) is 0 Å². The number of nitrogens with two attached hydrogens (primary N) is 1. The second kappa shape index (κ2) is 7.04. The Balaban J connectivity index is 2.58. The fourth-order valence-electron chi connectivity index (χ4n) is 2.57. The van der Waals surface area contributed by atoms with Crippen LogP contribution in [-0.4, -0.2) is 42.9 Å². The Morgan fingerprint density at radius 2 is 1.60 bits per heavy atom. The summed E-state index contributed by atoms with van der Waals surface area (Å²) in [6.07, 6.45) is 0. The molecule has 2 rings (SSSR count). The van der Waals surface area contributed by atoms with Crippen molar-refractivity contribution in [1.82, 2.24) is 0 Å². The van der Waals surface area contributed by atoms with Crippen molar-refractivity contribution < 1.29 is 28.2 Å². The van der Waals surface area contributed by atoms with Gasteiger partial charge in [-0.05, 0) is 41.8 Å². The van der Waals surface area contributed by atoms with E-state index in [1.807, 2.05) is 0 Å². The highest BCUT2D eigenvalue weighted by Gasteiger charge is 2.21. The zero-order valence-corrected chi connectivity index (χ0v) is 14.2. The van der Waals surface area contributed by atoms with Crippen LogP contribution in [0.1, 0.15) is 26.3 Å². The van der Waals surface area contributed by atoms with E-state index in [-0.39, 0.29) is 33.9 Å². The lowest BCUT2D eigenvalue weighted by Crippen LogP contribution is -2.15. The summed E-state index contributed by atoms with van der Waals surface area (Å²) in [6.45, 7) is 1.43. The molecule has 4 N–H and O–H groups in total. The zero-order chi connectivity index (χ0) is 18.8.